The number of benzene rings is 2. The van der Waals surface area contributed by atoms with Crippen LogP contribution in [0.15, 0.2) is 36.4 Å². The molecule has 0 aliphatic carbocycles. The Bertz CT molecular complexity index is 566. The highest BCUT2D eigenvalue weighted by Crippen LogP contribution is 2.19. The minimum Gasteiger partial charge on any atom is -0.381 e. The van der Waals surface area contributed by atoms with E-state index < -0.39 is 0 Å². The van der Waals surface area contributed by atoms with E-state index in [4.69, 9.17) is 0 Å². The van der Waals surface area contributed by atoms with Crippen LogP contribution in [0, 0.1) is 23.2 Å². The fraction of sp³-hybridized carbons (Fsp3) is 0.200. The zero-order valence-corrected chi connectivity index (χ0v) is 12.6. The van der Waals surface area contributed by atoms with Gasteiger partial charge in [-0.1, -0.05) is 6.07 Å². The van der Waals surface area contributed by atoms with Gasteiger partial charge in [-0.25, -0.2) is 4.39 Å². The highest BCUT2D eigenvalue weighted by molar-refractivity contribution is 14.1. The predicted molar refractivity (Wildman–Crippen MR) is 82.4 cm³/mol. The number of aryl methyl sites for hydroxylation is 2. The summed E-state index contributed by atoms with van der Waals surface area (Å²) >= 11 is 2.29. The number of hydrogen-bond acceptors (Lipinski definition) is 1. The summed E-state index contributed by atoms with van der Waals surface area (Å²) in [6.07, 6.45) is 0. The Labute approximate surface area is 121 Å². The fourth-order valence-corrected chi connectivity index (χ4v) is 2.49. The van der Waals surface area contributed by atoms with Gasteiger partial charge in [-0.05, 0) is 83.5 Å². The molecule has 0 fully saturated rings. The maximum atomic E-state index is 13.2. The Kier molecular flexibility index (Phi) is 4.22. The van der Waals surface area contributed by atoms with Crippen LogP contribution in [0.25, 0.3) is 0 Å². The molecule has 0 saturated carbocycles. The van der Waals surface area contributed by atoms with Crippen LogP contribution in [0.2, 0.25) is 0 Å². The molecule has 0 unspecified atom stereocenters. The van der Waals surface area contributed by atoms with Crippen molar-refractivity contribution >= 4 is 28.3 Å². The predicted octanol–water partition coefficient (Wildman–Crippen LogP) is 4.66. The number of anilines is 1. The number of rotatable bonds is 3. The maximum Gasteiger partial charge on any atom is 0.123 e. The van der Waals surface area contributed by atoms with Gasteiger partial charge in [-0.2, -0.15) is 0 Å². The van der Waals surface area contributed by atoms with Crippen molar-refractivity contribution in [3.63, 3.8) is 0 Å². The average molecular weight is 355 g/mol. The summed E-state index contributed by atoms with van der Waals surface area (Å²) in [6.45, 7) is 4.71. The minimum atomic E-state index is -0.184. The summed E-state index contributed by atoms with van der Waals surface area (Å²) in [5.74, 6) is -0.184. The maximum absolute atomic E-state index is 13.2. The third-order valence-corrected chi connectivity index (χ3v) is 3.64. The summed E-state index contributed by atoms with van der Waals surface area (Å²) < 4.78 is 14.4. The first-order valence-electron chi connectivity index (χ1n) is 5.81. The fourth-order valence-electron chi connectivity index (χ4n) is 1.85. The lowest BCUT2D eigenvalue weighted by molar-refractivity contribution is 0.625. The van der Waals surface area contributed by atoms with Crippen molar-refractivity contribution in [3.05, 3.63) is 62.5 Å². The Hall–Kier alpha value is -1.10. The van der Waals surface area contributed by atoms with Crippen LogP contribution in [0.1, 0.15) is 16.7 Å². The molecule has 3 heteroatoms. The first-order valence-corrected chi connectivity index (χ1v) is 6.89. The molecular formula is C15H15FIN. The van der Waals surface area contributed by atoms with E-state index in [0.29, 0.717) is 6.54 Å². The molecule has 18 heavy (non-hydrogen) atoms. The smallest absolute Gasteiger partial charge is 0.123 e. The lowest BCUT2D eigenvalue weighted by Crippen LogP contribution is -2.03. The molecule has 0 spiro atoms. The molecule has 0 bridgehead atoms. The molecule has 1 N–H and O–H groups in total. The van der Waals surface area contributed by atoms with E-state index in [2.05, 4.69) is 53.0 Å². The normalized spacial score (nSPS) is 10.4. The number of nitrogens with one attached hydrogen (secondary N) is 1. The molecule has 2 aromatic carbocycles. The molecule has 0 aliphatic heterocycles. The molecule has 2 rings (SSSR count). The van der Waals surface area contributed by atoms with E-state index in [1.165, 1.54) is 15.2 Å². The summed E-state index contributed by atoms with van der Waals surface area (Å²) in [4.78, 5) is 0. The van der Waals surface area contributed by atoms with Gasteiger partial charge in [0, 0.05) is 15.8 Å². The van der Waals surface area contributed by atoms with Crippen molar-refractivity contribution in [2.24, 2.45) is 0 Å². The molecule has 0 saturated heterocycles. The summed E-state index contributed by atoms with van der Waals surface area (Å²) in [7, 11) is 0. The lowest BCUT2D eigenvalue weighted by Gasteiger charge is -2.11. The Morgan fingerprint density at radius 2 is 1.83 bits per heavy atom. The van der Waals surface area contributed by atoms with E-state index in [1.807, 2.05) is 13.0 Å². The third-order valence-electron chi connectivity index (χ3n) is 2.97. The molecule has 0 heterocycles. The van der Waals surface area contributed by atoms with Crippen LogP contribution in [0.4, 0.5) is 10.1 Å². The van der Waals surface area contributed by atoms with Gasteiger partial charge < -0.3 is 5.32 Å². The first kappa shape index (κ1) is 13.3. The molecule has 0 radical (unpaired) electrons. The van der Waals surface area contributed by atoms with E-state index in [-0.39, 0.29) is 5.82 Å². The largest absolute Gasteiger partial charge is 0.381 e. The lowest BCUT2D eigenvalue weighted by atomic mass is 10.1. The third kappa shape index (κ3) is 3.22. The van der Waals surface area contributed by atoms with Crippen molar-refractivity contribution in [1.29, 1.82) is 0 Å². The van der Waals surface area contributed by atoms with Crippen LogP contribution in [0.3, 0.4) is 0 Å². The van der Waals surface area contributed by atoms with Gasteiger partial charge in [0.15, 0.2) is 0 Å². The molecular weight excluding hydrogens is 340 g/mol. The Balaban J connectivity index is 2.13. The van der Waals surface area contributed by atoms with Gasteiger partial charge in [0.25, 0.3) is 0 Å². The second-order valence-electron chi connectivity index (χ2n) is 4.38. The van der Waals surface area contributed by atoms with Crippen molar-refractivity contribution in [2.75, 3.05) is 5.32 Å². The van der Waals surface area contributed by atoms with E-state index in [9.17, 15) is 4.39 Å². The SMILES string of the molecule is Cc1ccc(F)cc1CNc1ccc(I)cc1C. The van der Waals surface area contributed by atoms with Crippen LogP contribution < -0.4 is 5.32 Å². The molecule has 0 aromatic heterocycles. The summed E-state index contributed by atoms with van der Waals surface area (Å²) in [5, 5.41) is 3.35. The van der Waals surface area contributed by atoms with Gasteiger partial charge in [-0.3, -0.25) is 0 Å². The van der Waals surface area contributed by atoms with E-state index in [1.54, 1.807) is 6.07 Å². The Morgan fingerprint density at radius 3 is 2.56 bits per heavy atom. The zero-order valence-electron chi connectivity index (χ0n) is 10.4. The standard InChI is InChI=1S/C15H15FIN/c1-10-3-4-13(16)8-12(10)9-18-15-6-5-14(17)7-11(15)2/h3-8,18H,9H2,1-2H3. The van der Waals surface area contributed by atoms with Gasteiger partial charge in [0.1, 0.15) is 5.82 Å². The van der Waals surface area contributed by atoms with Crippen LogP contribution in [-0.4, -0.2) is 0 Å². The molecule has 0 aliphatic rings. The van der Waals surface area contributed by atoms with Crippen LogP contribution >= 0.6 is 22.6 Å². The van der Waals surface area contributed by atoms with Crippen molar-refractivity contribution in [1.82, 2.24) is 0 Å². The van der Waals surface area contributed by atoms with Gasteiger partial charge in [-0.15, -0.1) is 0 Å². The van der Waals surface area contributed by atoms with E-state index >= 15 is 0 Å². The van der Waals surface area contributed by atoms with Gasteiger partial charge >= 0.3 is 0 Å². The summed E-state index contributed by atoms with van der Waals surface area (Å²) in [6, 6.07) is 11.1. The quantitative estimate of drug-likeness (QED) is 0.790. The number of halogens is 2. The first-order chi connectivity index (χ1) is 8.56. The molecule has 2 aromatic rings. The van der Waals surface area contributed by atoms with Crippen LogP contribution in [-0.2, 0) is 6.54 Å². The zero-order chi connectivity index (χ0) is 13.1. The molecule has 94 valence electrons. The number of hydrogen-bond donors (Lipinski definition) is 1. The topological polar surface area (TPSA) is 12.0 Å². The van der Waals surface area contributed by atoms with Gasteiger partial charge in [0.05, 0.1) is 0 Å². The van der Waals surface area contributed by atoms with Crippen LogP contribution in [0.5, 0.6) is 0 Å². The Morgan fingerprint density at radius 1 is 1.06 bits per heavy atom. The molecule has 0 atom stereocenters. The average Bonchev–Trinajstić information content (AvgIpc) is 2.32. The van der Waals surface area contributed by atoms with Crippen molar-refractivity contribution < 1.29 is 4.39 Å². The molecule has 1 nitrogen and oxygen atoms in total. The summed E-state index contributed by atoms with van der Waals surface area (Å²) in [5.41, 5.74) is 4.40. The van der Waals surface area contributed by atoms with E-state index in [0.717, 1.165) is 16.8 Å². The van der Waals surface area contributed by atoms with Crippen molar-refractivity contribution in [3.8, 4) is 0 Å². The highest BCUT2D eigenvalue weighted by Gasteiger charge is 2.02. The van der Waals surface area contributed by atoms with Crippen molar-refractivity contribution in [2.45, 2.75) is 20.4 Å². The second kappa shape index (κ2) is 5.69. The molecule has 0 amide bonds. The monoisotopic (exact) mass is 355 g/mol. The second-order valence-corrected chi connectivity index (χ2v) is 5.63. The minimum absolute atomic E-state index is 0.184. The highest BCUT2D eigenvalue weighted by atomic mass is 127. The van der Waals surface area contributed by atoms with Gasteiger partial charge in [0.2, 0.25) is 0 Å².